The first-order valence-electron chi connectivity index (χ1n) is 5.90. The number of hydrogen-bond acceptors (Lipinski definition) is 4. The van der Waals surface area contributed by atoms with Crippen LogP contribution in [0.5, 0.6) is 0 Å². The van der Waals surface area contributed by atoms with Crippen LogP contribution in [0, 0.1) is 0 Å². The summed E-state index contributed by atoms with van der Waals surface area (Å²) < 4.78 is 5.04. The molecule has 1 aromatic heterocycles. The monoisotopic (exact) mass is 221 g/mol. The molecule has 0 saturated heterocycles. The predicted octanol–water partition coefficient (Wildman–Crippen LogP) is 1.59. The molecule has 1 aromatic rings. The van der Waals surface area contributed by atoms with E-state index < -0.39 is 0 Å². The molecule has 0 radical (unpaired) electrons. The van der Waals surface area contributed by atoms with E-state index in [1.54, 1.807) is 7.11 Å². The summed E-state index contributed by atoms with van der Waals surface area (Å²) in [5.74, 6) is 1.97. The third-order valence-corrected chi connectivity index (χ3v) is 2.97. The lowest BCUT2D eigenvalue weighted by atomic mass is 10.2. The number of aryl methyl sites for hydroxylation is 2. The third kappa shape index (κ3) is 2.32. The minimum Gasteiger partial charge on any atom is -0.385 e. The fourth-order valence-electron chi connectivity index (χ4n) is 2.18. The second-order valence-electron chi connectivity index (χ2n) is 4.11. The van der Waals surface area contributed by atoms with Crippen molar-refractivity contribution in [3.05, 3.63) is 17.1 Å². The fraction of sp³-hybridized carbons (Fsp3) is 0.667. The van der Waals surface area contributed by atoms with E-state index in [0.29, 0.717) is 0 Å². The summed E-state index contributed by atoms with van der Waals surface area (Å²) in [5, 5.41) is 3.18. The Labute approximate surface area is 96.4 Å². The van der Waals surface area contributed by atoms with Crippen molar-refractivity contribution in [3.8, 4) is 0 Å². The number of anilines is 1. The van der Waals surface area contributed by atoms with Crippen molar-refractivity contribution in [1.82, 2.24) is 9.97 Å². The lowest BCUT2D eigenvalue weighted by molar-refractivity contribution is 0.194. The highest BCUT2D eigenvalue weighted by Crippen LogP contribution is 2.26. The molecule has 0 aromatic carbocycles. The van der Waals surface area contributed by atoms with Gasteiger partial charge in [-0.1, -0.05) is 0 Å². The summed E-state index contributed by atoms with van der Waals surface area (Å²) in [6.07, 6.45) is 5.31. The zero-order valence-corrected chi connectivity index (χ0v) is 10.0. The van der Waals surface area contributed by atoms with Gasteiger partial charge in [0, 0.05) is 38.4 Å². The van der Waals surface area contributed by atoms with Crippen molar-refractivity contribution in [2.24, 2.45) is 0 Å². The normalized spacial score (nSPS) is 13.9. The number of methoxy groups -OCH3 is 1. The Morgan fingerprint density at radius 3 is 2.94 bits per heavy atom. The molecule has 16 heavy (non-hydrogen) atoms. The van der Waals surface area contributed by atoms with Gasteiger partial charge in [-0.3, -0.25) is 0 Å². The molecule has 0 saturated carbocycles. The van der Waals surface area contributed by atoms with E-state index in [-0.39, 0.29) is 0 Å². The molecule has 0 fully saturated rings. The van der Waals surface area contributed by atoms with Crippen LogP contribution in [0.2, 0.25) is 0 Å². The Morgan fingerprint density at radius 1 is 1.31 bits per heavy atom. The molecule has 4 heteroatoms. The maximum Gasteiger partial charge on any atom is 0.132 e. The number of aromatic nitrogens is 2. The summed E-state index contributed by atoms with van der Waals surface area (Å²) in [6, 6.07) is 0. The van der Waals surface area contributed by atoms with E-state index >= 15 is 0 Å². The van der Waals surface area contributed by atoms with Crippen LogP contribution >= 0.6 is 0 Å². The van der Waals surface area contributed by atoms with Crippen LogP contribution < -0.4 is 5.32 Å². The van der Waals surface area contributed by atoms with Crippen molar-refractivity contribution in [1.29, 1.82) is 0 Å². The molecule has 2 rings (SSSR count). The van der Waals surface area contributed by atoms with Gasteiger partial charge in [-0.25, -0.2) is 9.97 Å². The fourth-order valence-corrected chi connectivity index (χ4v) is 2.18. The van der Waals surface area contributed by atoms with Crippen LogP contribution in [-0.2, 0) is 24.0 Å². The summed E-state index contributed by atoms with van der Waals surface area (Å²) in [5.41, 5.74) is 2.56. The maximum absolute atomic E-state index is 5.04. The van der Waals surface area contributed by atoms with Crippen LogP contribution in [0.3, 0.4) is 0 Å². The second kappa shape index (κ2) is 5.25. The number of hydrogen-bond donors (Lipinski definition) is 1. The smallest absolute Gasteiger partial charge is 0.132 e. The van der Waals surface area contributed by atoms with Gasteiger partial charge in [-0.05, 0) is 25.7 Å². The van der Waals surface area contributed by atoms with Crippen molar-refractivity contribution in [3.63, 3.8) is 0 Å². The first-order valence-corrected chi connectivity index (χ1v) is 5.90. The molecule has 0 spiro atoms. The quantitative estimate of drug-likeness (QED) is 0.767. The van der Waals surface area contributed by atoms with Crippen LogP contribution in [-0.4, -0.2) is 30.7 Å². The SMILES string of the molecule is CNc1nc(CCCOC)nc2c1CCC2. The molecular weight excluding hydrogens is 202 g/mol. The highest BCUT2D eigenvalue weighted by molar-refractivity contribution is 5.48. The molecule has 1 aliphatic rings. The molecule has 1 aliphatic carbocycles. The molecular formula is C12H19N3O. The van der Waals surface area contributed by atoms with Gasteiger partial charge in [-0.15, -0.1) is 0 Å². The molecule has 0 amide bonds. The van der Waals surface area contributed by atoms with Gasteiger partial charge in [0.05, 0.1) is 0 Å². The van der Waals surface area contributed by atoms with Crippen molar-refractivity contribution >= 4 is 5.82 Å². The van der Waals surface area contributed by atoms with Gasteiger partial charge in [0.15, 0.2) is 0 Å². The summed E-state index contributed by atoms with van der Waals surface area (Å²) in [6.45, 7) is 0.773. The largest absolute Gasteiger partial charge is 0.385 e. The first-order chi connectivity index (χ1) is 7.85. The lowest BCUT2D eigenvalue weighted by Gasteiger charge is -2.09. The van der Waals surface area contributed by atoms with E-state index in [1.807, 2.05) is 7.05 Å². The number of ether oxygens (including phenoxy) is 1. The second-order valence-corrected chi connectivity index (χ2v) is 4.11. The van der Waals surface area contributed by atoms with Crippen LogP contribution in [0.4, 0.5) is 5.82 Å². The van der Waals surface area contributed by atoms with Gasteiger partial charge in [0.2, 0.25) is 0 Å². The van der Waals surface area contributed by atoms with E-state index in [4.69, 9.17) is 4.74 Å². The zero-order chi connectivity index (χ0) is 11.4. The van der Waals surface area contributed by atoms with Gasteiger partial charge >= 0.3 is 0 Å². The average molecular weight is 221 g/mol. The predicted molar refractivity (Wildman–Crippen MR) is 63.8 cm³/mol. The van der Waals surface area contributed by atoms with Crippen molar-refractivity contribution in [2.45, 2.75) is 32.1 Å². The van der Waals surface area contributed by atoms with Crippen LogP contribution in [0.25, 0.3) is 0 Å². The van der Waals surface area contributed by atoms with Crippen LogP contribution in [0.15, 0.2) is 0 Å². The van der Waals surface area contributed by atoms with Crippen molar-refractivity contribution in [2.75, 3.05) is 26.1 Å². The van der Waals surface area contributed by atoms with Crippen LogP contribution in [0.1, 0.15) is 29.9 Å². The number of nitrogens with zero attached hydrogens (tertiary/aromatic N) is 2. The number of nitrogens with one attached hydrogen (secondary N) is 1. The molecule has 0 bridgehead atoms. The Bertz CT molecular complexity index is 366. The first kappa shape index (κ1) is 11.3. The molecule has 88 valence electrons. The van der Waals surface area contributed by atoms with E-state index in [1.165, 1.54) is 17.7 Å². The molecule has 0 atom stereocenters. The zero-order valence-electron chi connectivity index (χ0n) is 10.0. The van der Waals surface area contributed by atoms with Gasteiger partial charge in [0.1, 0.15) is 11.6 Å². The Balaban J connectivity index is 2.14. The number of rotatable bonds is 5. The lowest BCUT2D eigenvalue weighted by Crippen LogP contribution is -2.06. The minimum absolute atomic E-state index is 0.773. The topological polar surface area (TPSA) is 47.0 Å². The van der Waals surface area contributed by atoms with E-state index in [0.717, 1.165) is 43.9 Å². The average Bonchev–Trinajstić information content (AvgIpc) is 2.76. The summed E-state index contributed by atoms with van der Waals surface area (Å²) >= 11 is 0. The molecule has 0 aliphatic heterocycles. The van der Waals surface area contributed by atoms with Crippen molar-refractivity contribution < 1.29 is 4.74 Å². The summed E-state index contributed by atoms with van der Waals surface area (Å²) in [7, 11) is 3.66. The number of fused-ring (bicyclic) bond motifs is 1. The summed E-state index contributed by atoms with van der Waals surface area (Å²) in [4.78, 5) is 9.18. The molecule has 1 N–H and O–H groups in total. The highest BCUT2D eigenvalue weighted by Gasteiger charge is 2.18. The Hall–Kier alpha value is -1.16. The minimum atomic E-state index is 0.773. The Morgan fingerprint density at radius 2 is 2.19 bits per heavy atom. The van der Waals surface area contributed by atoms with Gasteiger partial charge < -0.3 is 10.1 Å². The van der Waals surface area contributed by atoms with Gasteiger partial charge in [-0.2, -0.15) is 0 Å². The standard InChI is InChI=1S/C12H19N3O/c1-13-12-9-5-3-6-10(9)14-11(15-12)7-4-8-16-2/h3-8H2,1-2H3,(H,13,14,15). The van der Waals surface area contributed by atoms with E-state index in [9.17, 15) is 0 Å². The highest BCUT2D eigenvalue weighted by atomic mass is 16.5. The third-order valence-electron chi connectivity index (χ3n) is 2.97. The van der Waals surface area contributed by atoms with Gasteiger partial charge in [0.25, 0.3) is 0 Å². The maximum atomic E-state index is 5.04. The molecule has 4 nitrogen and oxygen atoms in total. The molecule has 1 heterocycles. The van der Waals surface area contributed by atoms with E-state index in [2.05, 4.69) is 15.3 Å². The Kier molecular flexibility index (Phi) is 3.72. The molecule has 0 unspecified atom stereocenters.